The van der Waals surface area contributed by atoms with Crippen LogP contribution in [-0.4, -0.2) is 33.8 Å². The van der Waals surface area contributed by atoms with Crippen LogP contribution >= 0.6 is 24.0 Å². The van der Waals surface area contributed by atoms with E-state index in [1.54, 1.807) is 0 Å². The number of hydrogen-bond acceptors (Lipinski definition) is 4. The van der Waals surface area contributed by atoms with Crippen molar-refractivity contribution in [2.75, 3.05) is 13.1 Å². The van der Waals surface area contributed by atoms with E-state index in [1.807, 2.05) is 0 Å². The summed E-state index contributed by atoms with van der Waals surface area (Å²) in [7, 11) is 0. The highest BCUT2D eigenvalue weighted by Gasteiger charge is 2.07. The van der Waals surface area contributed by atoms with Crippen LogP contribution in [0.2, 0.25) is 0 Å². The van der Waals surface area contributed by atoms with Crippen LogP contribution in [-0.2, 0) is 6.54 Å². The van der Waals surface area contributed by atoms with Crippen LogP contribution < -0.4 is 11.1 Å². The van der Waals surface area contributed by atoms with E-state index in [1.165, 1.54) is 17.1 Å². The van der Waals surface area contributed by atoms with E-state index < -0.39 is 4.92 Å². The fourth-order valence-corrected chi connectivity index (χ4v) is 1.20. The van der Waals surface area contributed by atoms with Gasteiger partial charge in [0.15, 0.2) is 5.96 Å². The third-order valence-corrected chi connectivity index (χ3v) is 2.10. The molecule has 0 unspecified atom stereocenters. The SMILES string of the molecule is CC(C)CN=C(N)NCCn1cc([N+](=O)[O-])cn1.I. The molecule has 0 saturated carbocycles. The molecule has 1 rings (SSSR count). The van der Waals surface area contributed by atoms with Gasteiger partial charge in [0.25, 0.3) is 0 Å². The number of nitro groups is 1. The number of halogens is 1. The summed E-state index contributed by atoms with van der Waals surface area (Å²) in [5.41, 5.74) is 5.62. The molecule has 0 saturated heterocycles. The van der Waals surface area contributed by atoms with Crippen molar-refractivity contribution in [1.29, 1.82) is 0 Å². The number of nitrogens with zero attached hydrogens (tertiary/aromatic N) is 4. The van der Waals surface area contributed by atoms with Crippen molar-refractivity contribution < 1.29 is 4.92 Å². The molecule has 1 aromatic heterocycles. The minimum atomic E-state index is -0.477. The van der Waals surface area contributed by atoms with Crippen LogP contribution in [0.4, 0.5) is 5.69 Å². The first-order valence-electron chi connectivity index (χ1n) is 5.69. The summed E-state index contributed by atoms with van der Waals surface area (Å²) >= 11 is 0. The molecular weight excluding hydrogens is 363 g/mol. The summed E-state index contributed by atoms with van der Waals surface area (Å²) in [5, 5.41) is 17.2. The molecule has 0 spiro atoms. The van der Waals surface area contributed by atoms with E-state index >= 15 is 0 Å². The van der Waals surface area contributed by atoms with Crippen molar-refractivity contribution in [3.05, 3.63) is 22.5 Å². The zero-order valence-electron chi connectivity index (χ0n) is 10.9. The van der Waals surface area contributed by atoms with Gasteiger partial charge in [-0.15, -0.1) is 24.0 Å². The molecule has 0 aliphatic rings. The van der Waals surface area contributed by atoms with Crippen molar-refractivity contribution in [3.63, 3.8) is 0 Å². The lowest BCUT2D eigenvalue weighted by molar-refractivity contribution is -0.385. The van der Waals surface area contributed by atoms with Gasteiger partial charge in [-0.3, -0.25) is 19.8 Å². The van der Waals surface area contributed by atoms with E-state index in [2.05, 4.69) is 29.3 Å². The second-order valence-corrected chi connectivity index (χ2v) is 4.27. The Labute approximate surface area is 128 Å². The molecule has 9 heteroatoms. The summed E-state index contributed by atoms with van der Waals surface area (Å²) in [6.07, 6.45) is 2.60. The summed E-state index contributed by atoms with van der Waals surface area (Å²) in [6.45, 7) is 5.80. The van der Waals surface area contributed by atoms with E-state index in [0.29, 0.717) is 31.5 Å². The standard InChI is InChI=1S/C10H18N6O2.HI/c1-8(2)5-13-10(11)12-3-4-15-7-9(6-14-15)16(17)18;/h6-8H,3-5H2,1-2H3,(H3,11,12,13);1H. The van der Waals surface area contributed by atoms with E-state index in [4.69, 9.17) is 5.73 Å². The van der Waals surface area contributed by atoms with Crippen LogP contribution in [0.1, 0.15) is 13.8 Å². The topological polar surface area (TPSA) is 111 Å². The Bertz CT molecular complexity index is 431. The predicted octanol–water partition coefficient (Wildman–Crippen LogP) is 0.970. The maximum Gasteiger partial charge on any atom is 0.306 e. The molecule has 8 nitrogen and oxygen atoms in total. The van der Waals surface area contributed by atoms with Crippen molar-refractivity contribution >= 4 is 35.6 Å². The number of aromatic nitrogens is 2. The van der Waals surface area contributed by atoms with E-state index in [0.717, 1.165) is 0 Å². The van der Waals surface area contributed by atoms with Crippen LogP contribution in [0.5, 0.6) is 0 Å². The molecule has 1 heterocycles. The van der Waals surface area contributed by atoms with Gasteiger partial charge in [-0.25, -0.2) is 0 Å². The monoisotopic (exact) mass is 382 g/mol. The van der Waals surface area contributed by atoms with Gasteiger partial charge < -0.3 is 11.1 Å². The second kappa shape index (κ2) is 8.67. The van der Waals surface area contributed by atoms with E-state index in [9.17, 15) is 10.1 Å². The Morgan fingerprint density at radius 3 is 2.89 bits per heavy atom. The highest BCUT2D eigenvalue weighted by molar-refractivity contribution is 14.0. The Balaban J connectivity index is 0.00000324. The molecule has 0 radical (unpaired) electrons. The molecule has 1 aromatic rings. The molecule has 0 bridgehead atoms. The molecule has 3 N–H and O–H groups in total. The molecule has 0 aliphatic heterocycles. The number of aliphatic imine (C=N–C) groups is 1. The van der Waals surface area contributed by atoms with Gasteiger partial charge in [-0.05, 0) is 5.92 Å². The first kappa shape index (κ1) is 17.6. The smallest absolute Gasteiger partial charge is 0.306 e. The highest BCUT2D eigenvalue weighted by Crippen LogP contribution is 2.06. The number of hydrogen-bond donors (Lipinski definition) is 2. The molecule has 0 amide bonds. The summed E-state index contributed by atoms with van der Waals surface area (Å²) < 4.78 is 1.49. The van der Waals surface area contributed by atoms with Crippen molar-refractivity contribution in [3.8, 4) is 0 Å². The lowest BCUT2D eigenvalue weighted by Gasteiger charge is -2.06. The average Bonchev–Trinajstić information content (AvgIpc) is 2.75. The van der Waals surface area contributed by atoms with Gasteiger partial charge in [-0.2, -0.15) is 5.10 Å². The normalized spacial score (nSPS) is 11.2. The zero-order chi connectivity index (χ0) is 13.5. The Hall–Kier alpha value is -1.39. The average molecular weight is 382 g/mol. The minimum absolute atomic E-state index is 0. The van der Waals surface area contributed by atoms with Crippen molar-refractivity contribution in [2.45, 2.75) is 20.4 Å². The number of rotatable bonds is 6. The van der Waals surface area contributed by atoms with Gasteiger partial charge in [0, 0.05) is 13.1 Å². The summed E-state index contributed by atoms with van der Waals surface area (Å²) in [4.78, 5) is 14.1. The molecule has 0 fully saturated rings. The number of nitrogens with two attached hydrogens (primary N) is 1. The maximum atomic E-state index is 10.4. The van der Waals surface area contributed by atoms with Crippen molar-refractivity contribution in [2.24, 2.45) is 16.6 Å². The van der Waals surface area contributed by atoms with Gasteiger partial charge in [-0.1, -0.05) is 13.8 Å². The molecule has 0 atom stereocenters. The Morgan fingerprint density at radius 1 is 1.68 bits per heavy atom. The first-order chi connectivity index (χ1) is 8.49. The molecule has 0 aromatic carbocycles. The van der Waals surface area contributed by atoms with Crippen LogP contribution in [0.15, 0.2) is 17.4 Å². The first-order valence-corrected chi connectivity index (χ1v) is 5.69. The van der Waals surface area contributed by atoms with Gasteiger partial charge in [0.05, 0.1) is 11.5 Å². The fourth-order valence-electron chi connectivity index (χ4n) is 1.20. The summed E-state index contributed by atoms with van der Waals surface area (Å²) in [6, 6.07) is 0. The largest absolute Gasteiger partial charge is 0.370 e. The third-order valence-electron chi connectivity index (χ3n) is 2.10. The molecule has 19 heavy (non-hydrogen) atoms. The maximum absolute atomic E-state index is 10.4. The van der Waals surface area contributed by atoms with Crippen LogP contribution in [0.3, 0.4) is 0 Å². The molecule has 108 valence electrons. The second-order valence-electron chi connectivity index (χ2n) is 4.27. The van der Waals surface area contributed by atoms with Crippen LogP contribution in [0.25, 0.3) is 0 Å². The quantitative estimate of drug-likeness (QED) is 0.250. The van der Waals surface area contributed by atoms with Crippen molar-refractivity contribution in [1.82, 2.24) is 15.1 Å². The molecular formula is C10H19IN6O2. The van der Waals surface area contributed by atoms with Crippen LogP contribution in [0, 0.1) is 16.0 Å². The lowest BCUT2D eigenvalue weighted by atomic mass is 10.2. The van der Waals surface area contributed by atoms with Gasteiger partial charge >= 0.3 is 5.69 Å². The Kier molecular flexibility index (Phi) is 8.03. The highest BCUT2D eigenvalue weighted by atomic mass is 127. The van der Waals surface area contributed by atoms with Gasteiger partial charge in [0.1, 0.15) is 12.4 Å². The fraction of sp³-hybridized carbons (Fsp3) is 0.600. The molecule has 0 aliphatic carbocycles. The predicted molar refractivity (Wildman–Crippen MR) is 83.6 cm³/mol. The van der Waals surface area contributed by atoms with Gasteiger partial charge in [0.2, 0.25) is 0 Å². The number of nitrogens with one attached hydrogen (secondary N) is 1. The number of guanidine groups is 1. The minimum Gasteiger partial charge on any atom is -0.370 e. The Morgan fingerprint density at radius 2 is 2.37 bits per heavy atom. The summed E-state index contributed by atoms with van der Waals surface area (Å²) in [5.74, 6) is 0.837. The van der Waals surface area contributed by atoms with E-state index in [-0.39, 0.29) is 29.7 Å². The lowest BCUT2D eigenvalue weighted by Crippen LogP contribution is -2.34. The zero-order valence-corrected chi connectivity index (χ0v) is 13.3. The third kappa shape index (κ3) is 6.94.